The molecule has 106 valence electrons. The molecule has 1 unspecified atom stereocenters. The van der Waals surface area contributed by atoms with E-state index in [2.05, 4.69) is 25.0 Å². The van der Waals surface area contributed by atoms with E-state index in [-0.39, 0.29) is 5.92 Å². The van der Waals surface area contributed by atoms with Crippen molar-refractivity contribution in [3.05, 3.63) is 0 Å². The molecule has 1 rings (SSSR count). The Morgan fingerprint density at radius 2 is 2.00 bits per heavy atom. The van der Waals surface area contributed by atoms with Crippen LogP contribution < -0.4 is 5.73 Å². The third kappa shape index (κ3) is 4.47. The fourth-order valence-corrected chi connectivity index (χ4v) is 3.37. The van der Waals surface area contributed by atoms with Crippen LogP contribution in [-0.4, -0.2) is 41.4 Å². The quantitative estimate of drug-likeness (QED) is 0.808. The molecule has 1 amide bonds. The lowest BCUT2D eigenvalue weighted by molar-refractivity contribution is -0.137. The molecular weight excluding hydrogens is 244 g/mol. The van der Waals surface area contributed by atoms with Gasteiger partial charge in [0.2, 0.25) is 5.91 Å². The van der Waals surface area contributed by atoms with Crippen molar-refractivity contribution in [1.82, 2.24) is 4.90 Å². The fraction of sp³-hybridized carbons (Fsp3) is 0.929. The molecule has 1 fully saturated rings. The van der Waals surface area contributed by atoms with Gasteiger partial charge in [-0.15, -0.1) is 0 Å². The van der Waals surface area contributed by atoms with E-state index < -0.39 is 0 Å². The number of hydrogen-bond acceptors (Lipinski definition) is 3. The van der Waals surface area contributed by atoms with E-state index in [1.165, 1.54) is 0 Å². The average Bonchev–Trinajstić information content (AvgIpc) is 2.37. The lowest BCUT2D eigenvalue weighted by Gasteiger charge is -2.37. The summed E-state index contributed by atoms with van der Waals surface area (Å²) in [5.74, 6) is 1.40. The molecule has 0 radical (unpaired) electrons. The van der Waals surface area contributed by atoms with Gasteiger partial charge in [-0.05, 0) is 38.4 Å². The predicted molar refractivity (Wildman–Crippen MR) is 79.8 cm³/mol. The SMILES string of the molecule is CCCN(C(=O)C(C)CSC)C1CCC(N)CC1. The van der Waals surface area contributed by atoms with E-state index >= 15 is 0 Å². The van der Waals surface area contributed by atoms with Crippen molar-refractivity contribution < 1.29 is 4.79 Å². The van der Waals surface area contributed by atoms with Crippen LogP contribution in [0.1, 0.15) is 46.0 Å². The molecule has 18 heavy (non-hydrogen) atoms. The van der Waals surface area contributed by atoms with Gasteiger partial charge in [0, 0.05) is 30.3 Å². The van der Waals surface area contributed by atoms with Gasteiger partial charge in [-0.25, -0.2) is 0 Å². The monoisotopic (exact) mass is 272 g/mol. The number of thioether (sulfide) groups is 1. The molecule has 1 aliphatic carbocycles. The van der Waals surface area contributed by atoms with Gasteiger partial charge >= 0.3 is 0 Å². The van der Waals surface area contributed by atoms with Gasteiger partial charge in [0.1, 0.15) is 0 Å². The first-order valence-electron chi connectivity index (χ1n) is 7.15. The molecule has 1 aliphatic rings. The Kier molecular flexibility index (Phi) is 7.08. The molecule has 0 spiro atoms. The Hall–Kier alpha value is -0.220. The van der Waals surface area contributed by atoms with Gasteiger partial charge < -0.3 is 10.6 Å². The lowest BCUT2D eigenvalue weighted by atomic mass is 9.90. The summed E-state index contributed by atoms with van der Waals surface area (Å²) in [5, 5.41) is 0. The summed E-state index contributed by atoms with van der Waals surface area (Å²) in [7, 11) is 0. The molecule has 0 aromatic rings. The Morgan fingerprint density at radius 1 is 1.39 bits per heavy atom. The van der Waals surface area contributed by atoms with Crippen LogP contribution in [-0.2, 0) is 4.79 Å². The first kappa shape index (κ1) is 15.8. The largest absolute Gasteiger partial charge is 0.339 e. The third-order valence-electron chi connectivity index (χ3n) is 3.77. The normalized spacial score (nSPS) is 25.8. The maximum absolute atomic E-state index is 12.5. The zero-order chi connectivity index (χ0) is 13.5. The number of nitrogens with zero attached hydrogens (tertiary/aromatic N) is 1. The van der Waals surface area contributed by atoms with Crippen LogP contribution in [0.4, 0.5) is 0 Å². The van der Waals surface area contributed by atoms with Crippen LogP contribution in [0.25, 0.3) is 0 Å². The zero-order valence-corrected chi connectivity index (χ0v) is 12.8. The van der Waals surface area contributed by atoms with Crippen molar-refractivity contribution in [3.63, 3.8) is 0 Å². The molecule has 4 heteroatoms. The minimum absolute atomic E-state index is 0.141. The minimum atomic E-state index is 0.141. The number of carbonyl (C=O) groups excluding carboxylic acids is 1. The smallest absolute Gasteiger partial charge is 0.226 e. The second kappa shape index (κ2) is 8.05. The van der Waals surface area contributed by atoms with Gasteiger partial charge in [0.15, 0.2) is 0 Å². The number of hydrogen-bond donors (Lipinski definition) is 1. The number of carbonyl (C=O) groups is 1. The van der Waals surface area contributed by atoms with Crippen LogP contribution in [0.15, 0.2) is 0 Å². The van der Waals surface area contributed by atoms with Crippen molar-refractivity contribution in [3.8, 4) is 0 Å². The highest BCUT2D eigenvalue weighted by Gasteiger charge is 2.29. The second-order valence-electron chi connectivity index (χ2n) is 5.46. The Morgan fingerprint density at radius 3 is 2.50 bits per heavy atom. The van der Waals surface area contributed by atoms with E-state index in [1.807, 2.05) is 0 Å². The van der Waals surface area contributed by atoms with Crippen molar-refractivity contribution in [1.29, 1.82) is 0 Å². The Balaban J connectivity index is 2.60. The number of rotatable bonds is 6. The van der Waals surface area contributed by atoms with E-state index in [0.717, 1.165) is 44.4 Å². The lowest BCUT2D eigenvalue weighted by Crippen LogP contribution is -2.46. The summed E-state index contributed by atoms with van der Waals surface area (Å²) >= 11 is 1.75. The standard InChI is InChI=1S/C14H28N2OS/c1-4-9-16(14(17)11(2)10-18-3)13-7-5-12(15)6-8-13/h11-13H,4-10,15H2,1-3H3. The summed E-state index contributed by atoms with van der Waals surface area (Å²) in [6.45, 7) is 5.10. The summed E-state index contributed by atoms with van der Waals surface area (Å²) in [6.07, 6.45) is 7.40. The van der Waals surface area contributed by atoms with E-state index in [1.54, 1.807) is 11.8 Å². The van der Waals surface area contributed by atoms with Gasteiger partial charge in [-0.2, -0.15) is 11.8 Å². The summed E-state index contributed by atoms with van der Waals surface area (Å²) in [5.41, 5.74) is 5.95. The molecule has 0 saturated heterocycles. The Labute approximate surface area is 116 Å². The van der Waals surface area contributed by atoms with Gasteiger partial charge in [0.25, 0.3) is 0 Å². The molecule has 1 saturated carbocycles. The molecule has 0 aliphatic heterocycles. The summed E-state index contributed by atoms with van der Waals surface area (Å²) in [6, 6.07) is 0.782. The molecular formula is C14H28N2OS. The molecule has 0 aromatic heterocycles. The van der Waals surface area contributed by atoms with Crippen molar-refractivity contribution >= 4 is 17.7 Å². The van der Waals surface area contributed by atoms with Gasteiger partial charge in [0.05, 0.1) is 0 Å². The molecule has 3 nitrogen and oxygen atoms in total. The number of amides is 1. The van der Waals surface area contributed by atoms with Crippen LogP contribution in [0.3, 0.4) is 0 Å². The molecule has 0 bridgehead atoms. The summed E-state index contributed by atoms with van der Waals surface area (Å²) in [4.78, 5) is 14.6. The van der Waals surface area contributed by atoms with E-state index in [9.17, 15) is 4.79 Å². The maximum atomic E-state index is 12.5. The highest BCUT2D eigenvalue weighted by atomic mass is 32.2. The van der Waals surface area contributed by atoms with Crippen molar-refractivity contribution in [2.75, 3.05) is 18.6 Å². The van der Waals surface area contributed by atoms with Gasteiger partial charge in [-0.1, -0.05) is 13.8 Å². The predicted octanol–water partition coefficient (Wildman–Crippen LogP) is 2.49. The second-order valence-corrected chi connectivity index (χ2v) is 6.37. The topological polar surface area (TPSA) is 46.3 Å². The Bertz CT molecular complexity index is 252. The molecule has 2 N–H and O–H groups in total. The maximum Gasteiger partial charge on any atom is 0.226 e. The minimum Gasteiger partial charge on any atom is -0.339 e. The molecule has 0 aromatic carbocycles. The van der Waals surface area contributed by atoms with Crippen LogP contribution in [0.5, 0.6) is 0 Å². The third-order valence-corrected chi connectivity index (χ3v) is 4.60. The van der Waals surface area contributed by atoms with Crippen molar-refractivity contribution in [2.24, 2.45) is 11.7 Å². The zero-order valence-electron chi connectivity index (χ0n) is 12.0. The van der Waals surface area contributed by atoms with E-state index in [0.29, 0.717) is 18.0 Å². The highest BCUT2D eigenvalue weighted by Crippen LogP contribution is 2.24. The number of nitrogens with two attached hydrogens (primary N) is 1. The molecule has 1 atom stereocenters. The van der Waals surface area contributed by atoms with Crippen LogP contribution in [0, 0.1) is 5.92 Å². The van der Waals surface area contributed by atoms with Crippen LogP contribution in [0.2, 0.25) is 0 Å². The van der Waals surface area contributed by atoms with E-state index in [4.69, 9.17) is 5.73 Å². The van der Waals surface area contributed by atoms with Gasteiger partial charge in [-0.3, -0.25) is 4.79 Å². The fourth-order valence-electron chi connectivity index (χ4n) is 2.73. The first-order valence-corrected chi connectivity index (χ1v) is 8.54. The summed E-state index contributed by atoms with van der Waals surface area (Å²) < 4.78 is 0. The van der Waals surface area contributed by atoms with Crippen molar-refractivity contribution in [2.45, 2.75) is 58.0 Å². The van der Waals surface area contributed by atoms with Crippen LogP contribution >= 0.6 is 11.8 Å². The first-order chi connectivity index (χ1) is 8.60. The highest BCUT2D eigenvalue weighted by molar-refractivity contribution is 7.98. The molecule has 0 heterocycles. The average molecular weight is 272 g/mol.